The molecule has 2 aliphatic heterocycles. The van der Waals surface area contributed by atoms with Crippen molar-refractivity contribution in [3.63, 3.8) is 0 Å². The second-order valence-electron chi connectivity index (χ2n) is 5.45. The molecule has 0 spiro atoms. The number of likely N-dealkylation sites (tertiary alicyclic amines) is 1. The standard InChI is InChI=1S/C15H17BrN2O2/c16-12-4-1-3-10(7-12)13-5-2-6-18(13)15(20)11-8-14(19)17-9-11/h1,3-4,7,11,13H,2,5-6,8-9H2,(H,17,19). The van der Waals surface area contributed by atoms with Crippen LogP contribution < -0.4 is 5.32 Å². The summed E-state index contributed by atoms with van der Waals surface area (Å²) >= 11 is 3.48. The first-order valence-electron chi connectivity index (χ1n) is 6.98. The normalized spacial score (nSPS) is 25.9. The third-order valence-corrected chi connectivity index (χ3v) is 4.59. The zero-order valence-corrected chi connectivity index (χ0v) is 12.7. The second-order valence-corrected chi connectivity index (χ2v) is 6.37. The summed E-state index contributed by atoms with van der Waals surface area (Å²) in [6.45, 7) is 1.28. The quantitative estimate of drug-likeness (QED) is 0.900. The Hall–Kier alpha value is -1.36. The Morgan fingerprint density at radius 1 is 1.40 bits per heavy atom. The lowest BCUT2D eigenvalue weighted by atomic mass is 10.0. The number of halogens is 1. The molecule has 0 radical (unpaired) electrons. The molecule has 0 aliphatic carbocycles. The zero-order chi connectivity index (χ0) is 14.1. The zero-order valence-electron chi connectivity index (χ0n) is 11.1. The summed E-state index contributed by atoms with van der Waals surface area (Å²) < 4.78 is 1.03. The molecule has 106 valence electrons. The molecule has 0 bridgehead atoms. The van der Waals surface area contributed by atoms with Crippen molar-refractivity contribution >= 4 is 27.7 Å². The van der Waals surface area contributed by atoms with Gasteiger partial charge in [-0.2, -0.15) is 0 Å². The van der Waals surface area contributed by atoms with Crippen LogP contribution in [-0.2, 0) is 9.59 Å². The maximum Gasteiger partial charge on any atom is 0.228 e. The minimum atomic E-state index is -0.185. The first-order valence-corrected chi connectivity index (χ1v) is 7.77. The summed E-state index contributed by atoms with van der Waals surface area (Å²) in [5.74, 6) is -0.0809. The van der Waals surface area contributed by atoms with Crippen LogP contribution in [0.15, 0.2) is 28.7 Å². The van der Waals surface area contributed by atoms with E-state index in [1.54, 1.807) is 0 Å². The van der Waals surface area contributed by atoms with Crippen molar-refractivity contribution in [3.8, 4) is 0 Å². The molecule has 0 aromatic heterocycles. The van der Waals surface area contributed by atoms with Gasteiger partial charge >= 0.3 is 0 Å². The van der Waals surface area contributed by atoms with Gasteiger partial charge in [0.25, 0.3) is 0 Å². The van der Waals surface area contributed by atoms with Gasteiger partial charge < -0.3 is 10.2 Å². The van der Waals surface area contributed by atoms with E-state index in [-0.39, 0.29) is 23.8 Å². The van der Waals surface area contributed by atoms with Crippen LogP contribution in [0, 0.1) is 5.92 Å². The maximum atomic E-state index is 12.6. The number of benzene rings is 1. The predicted octanol–water partition coefficient (Wildman–Crippen LogP) is 2.25. The number of nitrogens with one attached hydrogen (secondary N) is 1. The van der Waals surface area contributed by atoms with E-state index in [2.05, 4.69) is 33.4 Å². The van der Waals surface area contributed by atoms with Crippen LogP contribution in [-0.4, -0.2) is 29.8 Å². The van der Waals surface area contributed by atoms with Gasteiger partial charge in [0.1, 0.15) is 0 Å². The fourth-order valence-corrected chi connectivity index (χ4v) is 3.52. The molecule has 2 heterocycles. The number of rotatable bonds is 2. The molecule has 1 N–H and O–H groups in total. The molecule has 20 heavy (non-hydrogen) atoms. The molecular weight excluding hydrogens is 320 g/mol. The van der Waals surface area contributed by atoms with Gasteiger partial charge in [0, 0.05) is 24.0 Å². The highest BCUT2D eigenvalue weighted by Crippen LogP contribution is 2.34. The maximum absolute atomic E-state index is 12.6. The summed E-state index contributed by atoms with van der Waals surface area (Å²) in [6.07, 6.45) is 2.36. The minimum absolute atomic E-state index is 0.0125. The molecule has 3 rings (SSSR count). The topological polar surface area (TPSA) is 49.4 Å². The molecule has 2 amide bonds. The average Bonchev–Trinajstić information content (AvgIpc) is 3.06. The van der Waals surface area contributed by atoms with Crippen molar-refractivity contribution in [2.75, 3.05) is 13.1 Å². The SMILES string of the molecule is O=C1CC(C(=O)N2CCCC2c2cccc(Br)c2)CN1. The van der Waals surface area contributed by atoms with Crippen molar-refractivity contribution in [1.29, 1.82) is 0 Å². The molecule has 2 aliphatic rings. The van der Waals surface area contributed by atoms with E-state index in [4.69, 9.17) is 0 Å². The molecular formula is C15H17BrN2O2. The third-order valence-electron chi connectivity index (χ3n) is 4.10. The highest BCUT2D eigenvalue weighted by molar-refractivity contribution is 9.10. The van der Waals surface area contributed by atoms with Gasteiger partial charge in [-0.25, -0.2) is 0 Å². The van der Waals surface area contributed by atoms with Crippen LogP contribution in [0.1, 0.15) is 30.9 Å². The average molecular weight is 337 g/mol. The lowest BCUT2D eigenvalue weighted by Crippen LogP contribution is -2.36. The number of hydrogen-bond acceptors (Lipinski definition) is 2. The predicted molar refractivity (Wildman–Crippen MR) is 78.9 cm³/mol. The van der Waals surface area contributed by atoms with E-state index in [1.807, 2.05) is 17.0 Å². The number of amides is 2. The highest BCUT2D eigenvalue weighted by atomic mass is 79.9. The molecule has 2 saturated heterocycles. The van der Waals surface area contributed by atoms with Crippen molar-refractivity contribution in [3.05, 3.63) is 34.3 Å². The van der Waals surface area contributed by atoms with Crippen molar-refractivity contribution < 1.29 is 9.59 Å². The fraction of sp³-hybridized carbons (Fsp3) is 0.467. The van der Waals surface area contributed by atoms with Crippen LogP contribution in [0.4, 0.5) is 0 Å². The summed E-state index contributed by atoms with van der Waals surface area (Å²) in [5.41, 5.74) is 1.17. The molecule has 2 fully saturated rings. The lowest BCUT2D eigenvalue weighted by Gasteiger charge is -2.27. The van der Waals surface area contributed by atoms with Gasteiger partial charge in [0.15, 0.2) is 0 Å². The van der Waals surface area contributed by atoms with E-state index >= 15 is 0 Å². The largest absolute Gasteiger partial charge is 0.355 e. The van der Waals surface area contributed by atoms with E-state index in [0.29, 0.717) is 13.0 Å². The van der Waals surface area contributed by atoms with Crippen LogP contribution in [0.25, 0.3) is 0 Å². The first-order chi connectivity index (χ1) is 9.65. The van der Waals surface area contributed by atoms with Gasteiger partial charge in [-0.05, 0) is 30.5 Å². The van der Waals surface area contributed by atoms with E-state index < -0.39 is 0 Å². The molecule has 0 saturated carbocycles. The first kappa shape index (κ1) is 13.6. The summed E-state index contributed by atoms with van der Waals surface area (Å²) in [6, 6.07) is 8.29. The van der Waals surface area contributed by atoms with E-state index in [0.717, 1.165) is 23.9 Å². The van der Waals surface area contributed by atoms with Crippen molar-refractivity contribution in [2.24, 2.45) is 5.92 Å². The van der Waals surface area contributed by atoms with Crippen LogP contribution in [0.3, 0.4) is 0 Å². The Kier molecular flexibility index (Phi) is 3.78. The second kappa shape index (κ2) is 5.56. The Morgan fingerprint density at radius 3 is 2.95 bits per heavy atom. The Balaban J connectivity index is 1.78. The Bertz CT molecular complexity index is 546. The number of carbonyl (C=O) groups excluding carboxylic acids is 2. The van der Waals surface area contributed by atoms with Crippen molar-refractivity contribution in [1.82, 2.24) is 10.2 Å². The Labute approximate surface area is 126 Å². The summed E-state index contributed by atoms with van der Waals surface area (Å²) in [4.78, 5) is 25.8. The van der Waals surface area contributed by atoms with Gasteiger partial charge in [-0.3, -0.25) is 9.59 Å². The molecule has 5 heteroatoms. The van der Waals surface area contributed by atoms with Crippen molar-refractivity contribution in [2.45, 2.75) is 25.3 Å². The van der Waals surface area contributed by atoms with Gasteiger partial charge in [0.2, 0.25) is 11.8 Å². The molecule has 4 nitrogen and oxygen atoms in total. The van der Waals surface area contributed by atoms with Crippen LogP contribution in [0.5, 0.6) is 0 Å². The molecule has 2 atom stereocenters. The number of carbonyl (C=O) groups is 2. The molecule has 1 aromatic rings. The lowest BCUT2D eigenvalue weighted by molar-refractivity contribution is -0.136. The molecule has 1 aromatic carbocycles. The summed E-state index contributed by atoms with van der Waals surface area (Å²) in [5, 5.41) is 2.74. The van der Waals surface area contributed by atoms with Gasteiger partial charge in [-0.1, -0.05) is 28.1 Å². The van der Waals surface area contributed by atoms with E-state index in [1.165, 1.54) is 5.56 Å². The smallest absolute Gasteiger partial charge is 0.228 e. The van der Waals surface area contributed by atoms with Crippen LogP contribution >= 0.6 is 15.9 Å². The molecule has 2 unspecified atom stereocenters. The number of hydrogen-bond donors (Lipinski definition) is 1. The number of nitrogens with zero attached hydrogens (tertiary/aromatic N) is 1. The minimum Gasteiger partial charge on any atom is -0.355 e. The fourth-order valence-electron chi connectivity index (χ4n) is 3.11. The van der Waals surface area contributed by atoms with Crippen LogP contribution in [0.2, 0.25) is 0 Å². The van der Waals surface area contributed by atoms with Gasteiger partial charge in [0.05, 0.1) is 12.0 Å². The monoisotopic (exact) mass is 336 g/mol. The third kappa shape index (κ3) is 2.59. The van der Waals surface area contributed by atoms with Gasteiger partial charge in [-0.15, -0.1) is 0 Å². The van der Waals surface area contributed by atoms with E-state index in [9.17, 15) is 9.59 Å². The highest BCUT2D eigenvalue weighted by Gasteiger charge is 2.37. The Morgan fingerprint density at radius 2 is 2.25 bits per heavy atom. The summed E-state index contributed by atoms with van der Waals surface area (Å²) in [7, 11) is 0.